The molecule has 0 radical (unpaired) electrons. The van der Waals surface area contributed by atoms with Crippen molar-refractivity contribution < 1.29 is 27.8 Å². The van der Waals surface area contributed by atoms with E-state index in [9.17, 15) is 13.2 Å². The summed E-state index contributed by atoms with van der Waals surface area (Å²) in [5.41, 5.74) is 4.60. The first kappa shape index (κ1) is 25.3. The summed E-state index contributed by atoms with van der Waals surface area (Å²) in [6.07, 6.45) is 0.253. The van der Waals surface area contributed by atoms with E-state index < -0.39 is 40.3 Å². The zero-order valence-corrected chi connectivity index (χ0v) is 18.1. The van der Waals surface area contributed by atoms with Crippen LogP contribution in [0.3, 0.4) is 0 Å². The second-order valence-electron chi connectivity index (χ2n) is 8.65. The predicted molar refractivity (Wildman–Crippen MR) is 101 cm³/mol. The first-order valence-electron chi connectivity index (χ1n) is 8.66. The molecule has 0 unspecified atom stereocenters. The Bertz CT molecular complexity index is 551. The highest BCUT2D eigenvalue weighted by molar-refractivity contribution is 7.88. The van der Waals surface area contributed by atoms with E-state index in [2.05, 4.69) is 0 Å². The maximum absolute atomic E-state index is 12.2. The fraction of sp³-hybridized carbons (Fsp3) is 0.941. The number of ether oxygens (including phenoxy) is 2. The molecule has 26 heavy (non-hydrogen) atoms. The summed E-state index contributed by atoms with van der Waals surface area (Å²) in [6, 6.07) is -1.13. The molecule has 3 atom stereocenters. The number of hydrogen-bond acceptors (Lipinski definition) is 7. The van der Waals surface area contributed by atoms with E-state index in [1.165, 1.54) is 4.31 Å². The third-order valence-corrected chi connectivity index (χ3v) is 5.54. The van der Waals surface area contributed by atoms with Gasteiger partial charge in [-0.1, -0.05) is 20.8 Å². The van der Waals surface area contributed by atoms with Crippen LogP contribution in [-0.2, 0) is 24.3 Å². The summed E-state index contributed by atoms with van der Waals surface area (Å²) >= 11 is 0. The van der Waals surface area contributed by atoms with Crippen LogP contribution in [0.5, 0.6) is 0 Å². The summed E-state index contributed by atoms with van der Waals surface area (Å²) in [5, 5.41) is 8.94. The Labute approximate surface area is 158 Å². The number of aliphatic hydroxyl groups excluding tert-OH is 1. The van der Waals surface area contributed by atoms with E-state index in [4.69, 9.17) is 20.3 Å². The molecule has 0 fully saturated rings. The molecule has 9 heteroatoms. The highest BCUT2D eigenvalue weighted by Gasteiger charge is 2.34. The lowest BCUT2D eigenvalue weighted by molar-refractivity contribution is -0.154. The van der Waals surface area contributed by atoms with Crippen molar-refractivity contribution in [2.24, 2.45) is 11.1 Å². The first-order valence-corrected chi connectivity index (χ1v) is 10.5. The quantitative estimate of drug-likeness (QED) is 0.551. The zero-order chi connectivity index (χ0) is 20.9. The zero-order valence-electron chi connectivity index (χ0n) is 17.3. The SMILES string of the molecule is C[C@H](O[C@H](COC(=O)[C@@H](N)CO)CN(C(C)(C)C)S(C)(=O)=O)C(C)(C)C. The lowest BCUT2D eigenvalue weighted by atomic mass is 9.90. The summed E-state index contributed by atoms with van der Waals surface area (Å²) < 4.78 is 36.9. The number of aliphatic hydroxyl groups is 1. The Balaban J connectivity index is 5.39. The third-order valence-electron chi connectivity index (χ3n) is 4.05. The van der Waals surface area contributed by atoms with Crippen molar-refractivity contribution in [1.82, 2.24) is 4.31 Å². The molecular formula is C17H36N2O6S. The summed E-state index contributed by atoms with van der Waals surface area (Å²) in [5.74, 6) is -0.758. The van der Waals surface area contributed by atoms with Gasteiger partial charge < -0.3 is 20.3 Å². The maximum Gasteiger partial charge on any atom is 0.325 e. The number of hydrogen-bond donors (Lipinski definition) is 2. The first-order chi connectivity index (χ1) is 11.5. The van der Waals surface area contributed by atoms with Crippen LogP contribution in [0.2, 0.25) is 0 Å². The largest absolute Gasteiger partial charge is 0.462 e. The summed E-state index contributed by atoms with van der Waals surface area (Å²) in [7, 11) is -3.50. The minimum Gasteiger partial charge on any atom is -0.462 e. The minimum absolute atomic E-state index is 0.0321. The molecule has 0 aliphatic rings. The Morgan fingerprint density at radius 3 is 2.04 bits per heavy atom. The van der Waals surface area contributed by atoms with Gasteiger partial charge in [-0.15, -0.1) is 0 Å². The molecule has 0 saturated heterocycles. The van der Waals surface area contributed by atoms with Crippen molar-refractivity contribution in [3.8, 4) is 0 Å². The van der Waals surface area contributed by atoms with Gasteiger partial charge in [-0.25, -0.2) is 8.42 Å². The number of esters is 1. The molecule has 0 aliphatic carbocycles. The van der Waals surface area contributed by atoms with Crippen LogP contribution < -0.4 is 5.73 Å². The average Bonchev–Trinajstić information content (AvgIpc) is 2.44. The molecule has 0 rings (SSSR count). The average molecular weight is 397 g/mol. The molecule has 0 saturated carbocycles. The second kappa shape index (κ2) is 9.45. The minimum atomic E-state index is -3.50. The fourth-order valence-corrected chi connectivity index (χ4v) is 3.51. The van der Waals surface area contributed by atoms with Gasteiger partial charge in [0.05, 0.1) is 19.0 Å². The molecule has 0 bridgehead atoms. The molecule has 0 heterocycles. The number of carbonyl (C=O) groups is 1. The van der Waals surface area contributed by atoms with E-state index >= 15 is 0 Å². The van der Waals surface area contributed by atoms with Crippen LogP contribution >= 0.6 is 0 Å². The number of nitrogens with zero attached hydrogens (tertiary/aromatic N) is 1. The van der Waals surface area contributed by atoms with E-state index in [0.717, 1.165) is 6.26 Å². The number of nitrogens with two attached hydrogens (primary N) is 1. The Hall–Kier alpha value is -0.740. The molecule has 0 spiro atoms. The van der Waals surface area contributed by atoms with Crippen molar-refractivity contribution in [1.29, 1.82) is 0 Å². The highest BCUT2D eigenvalue weighted by atomic mass is 32.2. The summed E-state index contributed by atoms with van der Waals surface area (Å²) in [6.45, 7) is 12.6. The Morgan fingerprint density at radius 1 is 1.19 bits per heavy atom. The normalized spacial score (nSPS) is 17.0. The molecule has 0 aromatic heterocycles. The maximum atomic E-state index is 12.2. The van der Waals surface area contributed by atoms with Gasteiger partial charge >= 0.3 is 5.97 Å². The van der Waals surface area contributed by atoms with E-state index in [1.54, 1.807) is 20.8 Å². The van der Waals surface area contributed by atoms with Crippen molar-refractivity contribution in [3.63, 3.8) is 0 Å². The van der Waals surface area contributed by atoms with Gasteiger partial charge in [0.15, 0.2) is 0 Å². The van der Waals surface area contributed by atoms with Crippen LogP contribution in [0, 0.1) is 5.41 Å². The van der Waals surface area contributed by atoms with Crippen molar-refractivity contribution in [3.05, 3.63) is 0 Å². The topological polar surface area (TPSA) is 119 Å². The number of rotatable bonds is 9. The lowest BCUT2D eigenvalue weighted by Gasteiger charge is -2.38. The van der Waals surface area contributed by atoms with Crippen molar-refractivity contribution in [2.75, 3.05) is 26.0 Å². The molecular weight excluding hydrogens is 360 g/mol. The monoisotopic (exact) mass is 396 g/mol. The second-order valence-corrected chi connectivity index (χ2v) is 10.6. The Morgan fingerprint density at radius 2 is 1.69 bits per heavy atom. The van der Waals surface area contributed by atoms with Gasteiger partial charge in [0, 0.05) is 12.1 Å². The standard InChI is InChI=1S/C17H36N2O6S/c1-12(16(2,3)4)25-13(11-24-15(21)14(18)10-20)9-19(17(5,6)7)26(8,22)23/h12-14,20H,9-11,18H2,1-8H3/t12-,13-,14-/m0/s1. The van der Waals surface area contributed by atoms with Gasteiger partial charge in [-0.2, -0.15) is 4.31 Å². The van der Waals surface area contributed by atoms with Gasteiger partial charge in [0.2, 0.25) is 10.0 Å². The van der Waals surface area contributed by atoms with E-state index in [-0.39, 0.29) is 24.7 Å². The smallest absolute Gasteiger partial charge is 0.325 e. The molecule has 156 valence electrons. The number of sulfonamides is 1. The molecule has 0 aromatic rings. The molecule has 0 amide bonds. The van der Waals surface area contributed by atoms with Crippen LogP contribution in [0.4, 0.5) is 0 Å². The van der Waals surface area contributed by atoms with Gasteiger partial charge in [-0.05, 0) is 33.1 Å². The van der Waals surface area contributed by atoms with Crippen LogP contribution in [-0.4, -0.2) is 73.6 Å². The van der Waals surface area contributed by atoms with Crippen LogP contribution in [0.15, 0.2) is 0 Å². The van der Waals surface area contributed by atoms with Crippen molar-refractivity contribution >= 4 is 16.0 Å². The summed E-state index contributed by atoms with van der Waals surface area (Å²) in [4.78, 5) is 11.7. The molecule has 0 aliphatic heterocycles. The van der Waals surface area contributed by atoms with Gasteiger partial charge in [-0.3, -0.25) is 4.79 Å². The molecule has 3 N–H and O–H groups in total. The van der Waals surface area contributed by atoms with E-state index in [0.29, 0.717) is 0 Å². The van der Waals surface area contributed by atoms with Crippen molar-refractivity contribution in [2.45, 2.75) is 72.3 Å². The molecule has 8 nitrogen and oxygen atoms in total. The third kappa shape index (κ3) is 8.77. The Kier molecular flexibility index (Phi) is 9.19. The van der Waals surface area contributed by atoms with Gasteiger partial charge in [0.1, 0.15) is 18.8 Å². The lowest BCUT2D eigenvalue weighted by Crippen LogP contribution is -2.51. The predicted octanol–water partition coefficient (Wildman–Crippen LogP) is 0.729. The van der Waals surface area contributed by atoms with Crippen LogP contribution in [0.1, 0.15) is 48.5 Å². The number of carbonyl (C=O) groups excluding carboxylic acids is 1. The molecule has 0 aromatic carbocycles. The van der Waals surface area contributed by atoms with Crippen LogP contribution in [0.25, 0.3) is 0 Å². The fourth-order valence-electron chi connectivity index (χ4n) is 2.08. The van der Waals surface area contributed by atoms with Gasteiger partial charge in [0.25, 0.3) is 0 Å². The van der Waals surface area contributed by atoms with E-state index in [1.807, 2.05) is 27.7 Å². The highest BCUT2D eigenvalue weighted by Crippen LogP contribution is 2.25.